The van der Waals surface area contributed by atoms with Gasteiger partial charge in [0.25, 0.3) is 0 Å². The van der Waals surface area contributed by atoms with Crippen LogP contribution in [-0.2, 0) is 22.6 Å². The lowest BCUT2D eigenvalue weighted by Gasteiger charge is -2.32. The van der Waals surface area contributed by atoms with Crippen LogP contribution in [0.15, 0.2) is 48.5 Å². The maximum atomic E-state index is 13.0. The zero-order valence-corrected chi connectivity index (χ0v) is 17.9. The van der Waals surface area contributed by atoms with Gasteiger partial charge >= 0.3 is 0 Å². The summed E-state index contributed by atoms with van der Waals surface area (Å²) in [5.41, 5.74) is 1.74. The van der Waals surface area contributed by atoms with Gasteiger partial charge in [-0.05, 0) is 37.1 Å². The molecule has 0 radical (unpaired) electrons. The van der Waals surface area contributed by atoms with E-state index in [0.717, 1.165) is 11.1 Å². The molecule has 0 bridgehead atoms. The van der Waals surface area contributed by atoms with Crippen LogP contribution < -0.4 is 5.32 Å². The Hall–Kier alpha value is -2.04. The molecule has 0 heterocycles. The number of hydrogen-bond donors (Lipinski definition) is 1. The summed E-state index contributed by atoms with van der Waals surface area (Å²) in [6.07, 6.45) is 0.724. The smallest absolute Gasteiger partial charge is 0.243 e. The predicted octanol–water partition coefficient (Wildman–Crippen LogP) is 4.87. The number of nitrogens with zero attached hydrogens (tertiary/aromatic N) is 1. The van der Waals surface area contributed by atoms with Gasteiger partial charge in [-0.3, -0.25) is 9.59 Å². The zero-order chi connectivity index (χ0) is 20.7. The average Bonchev–Trinajstić information content (AvgIpc) is 2.65. The van der Waals surface area contributed by atoms with Crippen molar-refractivity contribution in [2.75, 3.05) is 0 Å². The zero-order valence-electron chi connectivity index (χ0n) is 16.4. The molecule has 2 rings (SSSR count). The fraction of sp³-hybridized carbons (Fsp3) is 0.364. The molecule has 4 nitrogen and oxygen atoms in total. The summed E-state index contributed by atoms with van der Waals surface area (Å²) < 4.78 is 0. The number of rotatable bonds is 8. The number of halogens is 2. The summed E-state index contributed by atoms with van der Waals surface area (Å²) in [4.78, 5) is 27.4. The summed E-state index contributed by atoms with van der Waals surface area (Å²) in [6, 6.07) is 14.2. The van der Waals surface area contributed by atoms with Gasteiger partial charge in [0, 0.05) is 35.5 Å². The normalized spacial score (nSPS) is 11.9. The molecule has 0 aliphatic carbocycles. The third-order valence-corrected chi connectivity index (χ3v) is 4.95. The number of hydrogen-bond acceptors (Lipinski definition) is 2. The Bertz CT molecular complexity index is 809. The molecule has 0 aliphatic heterocycles. The van der Waals surface area contributed by atoms with E-state index in [9.17, 15) is 9.59 Å². The van der Waals surface area contributed by atoms with Gasteiger partial charge in [-0.15, -0.1) is 0 Å². The Balaban J connectivity index is 2.39. The van der Waals surface area contributed by atoms with Crippen molar-refractivity contribution in [2.45, 2.75) is 52.2 Å². The van der Waals surface area contributed by atoms with Gasteiger partial charge in [-0.25, -0.2) is 0 Å². The van der Waals surface area contributed by atoms with Crippen molar-refractivity contribution >= 4 is 35.0 Å². The van der Waals surface area contributed by atoms with Crippen molar-refractivity contribution in [1.82, 2.24) is 10.2 Å². The standard InChI is InChI=1S/C22H26Cl2N2O2/c1-4-21(27)26(14-17-10-11-18(23)13-19(17)24)20(22(28)25-15(2)3)12-16-8-6-5-7-9-16/h5-11,13,15,20H,4,12,14H2,1-3H3,(H,25,28)/t20-/m0/s1. The predicted molar refractivity (Wildman–Crippen MR) is 115 cm³/mol. The molecule has 0 unspecified atom stereocenters. The van der Waals surface area contributed by atoms with E-state index in [1.807, 2.05) is 44.2 Å². The Labute approximate surface area is 176 Å². The highest BCUT2D eigenvalue weighted by Gasteiger charge is 2.30. The molecule has 150 valence electrons. The van der Waals surface area contributed by atoms with Gasteiger partial charge in [0.1, 0.15) is 6.04 Å². The minimum absolute atomic E-state index is 0.0246. The highest BCUT2D eigenvalue weighted by molar-refractivity contribution is 6.35. The molecule has 0 fully saturated rings. The van der Waals surface area contributed by atoms with Crippen LogP contribution in [0.1, 0.15) is 38.3 Å². The van der Waals surface area contributed by atoms with Crippen molar-refractivity contribution in [3.63, 3.8) is 0 Å². The van der Waals surface area contributed by atoms with E-state index in [-0.39, 0.29) is 24.4 Å². The number of nitrogens with one attached hydrogen (secondary N) is 1. The second-order valence-electron chi connectivity index (χ2n) is 6.98. The third-order valence-electron chi connectivity index (χ3n) is 4.36. The van der Waals surface area contributed by atoms with E-state index in [4.69, 9.17) is 23.2 Å². The molecule has 0 saturated heterocycles. The van der Waals surface area contributed by atoms with Crippen LogP contribution in [0.3, 0.4) is 0 Å². The molecule has 0 saturated carbocycles. The second kappa shape index (κ2) is 10.5. The molecule has 2 aromatic rings. The Morgan fingerprint density at radius 1 is 1.07 bits per heavy atom. The molecule has 6 heteroatoms. The van der Waals surface area contributed by atoms with Crippen molar-refractivity contribution in [3.8, 4) is 0 Å². The number of amides is 2. The van der Waals surface area contributed by atoms with Gasteiger partial charge in [-0.1, -0.05) is 66.5 Å². The Kier molecular flexibility index (Phi) is 8.34. The lowest BCUT2D eigenvalue weighted by atomic mass is 10.0. The van der Waals surface area contributed by atoms with Crippen LogP contribution >= 0.6 is 23.2 Å². The summed E-state index contributed by atoms with van der Waals surface area (Å²) in [7, 11) is 0. The molecule has 0 aromatic heterocycles. The second-order valence-corrected chi connectivity index (χ2v) is 7.82. The average molecular weight is 421 g/mol. The highest BCUT2D eigenvalue weighted by Crippen LogP contribution is 2.24. The number of carbonyl (C=O) groups is 2. The Morgan fingerprint density at radius 3 is 2.32 bits per heavy atom. The number of carbonyl (C=O) groups excluding carboxylic acids is 2. The molecule has 1 N–H and O–H groups in total. The first kappa shape index (κ1) is 22.3. The first-order chi connectivity index (χ1) is 13.3. The molecular weight excluding hydrogens is 395 g/mol. The largest absolute Gasteiger partial charge is 0.352 e. The molecule has 2 aromatic carbocycles. The van der Waals surface area contributed by atoms with Crippen molar-refractivity contribution < 1.29 is 9.59 Å². The summed E-state index contributed by atoms with van der Waals surface area (Å²) >= 11 is 12.3. The van der Waals surface area contributed by atoms with E-state index in [2.05, 4.69) is 5.32 Å². The molecule has 1 atom stereocenters. The van der Waals surface area contributed by atoms with Gasteiger partial charge < -0.3 is 10.2 Å². The quantitative estimate of drug-likeness (QED) is 0.661. The van der Waals surface area contributed by atoms with E-state index in [0.29, 0.717) is 22.9 Å². The maximum absolute atomic E-state index is 13.0. The third kappa shape index (κ3) is 6.25. The fourth-order valence-electron chi connectivity index (χ4n) is 2.97. The van der Waals surface area contributed by atoms with Gasteiger partial charge in [-0.2, -0.15) is 0 Å². The fourth-order valence-corrected chi connectivity index (χ4v) is 3.44. The minimum atomic E-state index is -0.635. The van der Waals surface area contributed by atoms with Crippen LogP contribution in [0.5, 0.6) is 0 Å². The van der Waals surface area contributed by atoms with Crippen LogP contribution in [0.4, 0.5) is 0 Å². The Morgan fingerprint density at radius 2 is 1.75 bits per heavy atom. The maximum Gasteiger partial charge on any atom is 0.243 e. The topological polar surface area (TPSA) is 49.4 Å². The van der Waals surface area contributed by atoms with Crippen molar-refractivity contribution in [3.05, 3.63) is 69.7 Å². The summed E-state index contributed by atoms with van der Waals surface area (Å²) in [6.45, 7) is 5.84. The first-order valence-corrected chi connectivity index (χ1v) is 10.1. The van der Waals surface area contributed by atoms with Gasteiger partial charge in [0.2, 0.25) is 11.8 Å². The molecule has 0 aliphatic rings. The minimum Gasteiger partial charge on any atom is -0.352 e. The monoisotopic (exact) mass is 420 g/mol. The molecule has 0 spiro atoms. The van der Waals surface area contributed by atoms with E-state index >= 15 is 0 Å². The van der Waals surface area contributed by atoms with Crippen LogP contribution in [0, 0.1) is 0 Å². The highest BCUT2D eigenvalue weighted by atomic mass is 35.5. The molecular formula is C22H26Cl2N2O2. The summed E-state index contributed by atoms with van der Waals surface area (Å²) in [5, 5.41) is 3.95. The van der Waals surface area contributed by atoms with Crippen molar-refractivity contribution in [1.29, 1.82) is 0 Å². The molecule has 2 amide bonds. The van der Waals surface area contributed by atoms with Crippen molar-refractivity contribution in [2.24, 2.45) is 0 Å². The van der Waals surface area contributed by atoms with E-state index < -0.39 is 6.04 Å². The van der Waals surface area contributed by atoms with E-state index in [1.54, 1.807) is 30.0 Å². The summed E-state index contributed by atoms with van der Waals surface area (Å²) in [5.74, 6) is -0.281. The lowest BCUT2D eigenvalue weighted by Crippen LogP contribution is -2.51. The number of benzene rings is 2. The van der Waals surface area contributed by atoms with Gasteiger partial charge in [0.15, 0.2) is 0 Å². The van der Waals surface area contributed by atoms with Crippen LogP contribution in [0.25, 0.3) is 0 Å². The van der Waals surface area contributed by atoms with Crippen LogP contribution in [0.2, 0.25) is 10.0 Å². The first-order valence-electron chi connectivity index (χ1n) is 9.39. The van der Waals surface area contributed by atoms with Gasteiger partial charge in [0.05, 0.1) is 0 Å². The SMILES string of the molecule is CCC(=O)N(Cc1ccc(Cl)cc1Cl)[C@@H](Cc1ccccc1)C(=O)NC(C)C. The molecule has 28 heavy (non-hydrogen) atoms. The lowest BCUT2D eigenvalue weighted by molar-refractivity contribution is -0.141. The van der Waals surface area contributed by atoms with Crippen LogP contribution in [-0.4, -0.2) is 28.8 Å². The van der Waals surface area contributed by atoms with E-state index in [1.165, 1.54) is 0 Å².